The summed E-state index contributed by atoms with van der Waals surface area (Å²) in [6.45, 7) is 0. The van der Waals surface area contributed by atoms with E-state index < -0.39 is 0 Å². The van der Waals surface area contributed by atoms with Crippen molar-refractivity contribution in [1.82, 2.24) is 9.13 Å². The molecule has 0 fully saturated rings. The first kappa shape index (κ1) is 22.1. The maximum absolute atomic E-state index is 9.47. The number of furan rings is 1. The molecule has 0 aliphatic heterocycles. The van der Waals surface area contributed by atoms with Crippen LogP contribution in [0.3, 0.4) is 0 Å². The largest absolute Gasteiger partial charge is 0.454 e. The molecule has 0 aliphatic rings. The Hall–Kier alpha value is -5.79. The maximum atomic E-state index is 9.47. The number of benzene rings is 6. The highest BCUT2D eigenvalue weighted by Crippen LogP contribution is 2.40. The van der Waals surface area contributed by atoms with E-state index in [1.165, 1.54) is 32.6 Å². The SMILES string of the molecule is N#Cc1ccc2oc3c(-n4c5ccccc5c5cc(-n6c7ccccc7c7ccccc76)ccc54)cccc3c2c1. The molecular formula is C37H21N3O. The highest BCUT2D eigenvalue weighted by molar-refractivity contribution is 6.14. The first-order valence-corrected chi connectivity index (χ1v) is 13.7. The number of para-hydroxylation sites is 4. The summed E-state index contributed by atoms with van der Waals surface area (Å²) in [5, 5.41) is 16.3. The lowest BCUT2D eigenvalue weighted by Crippen LogP contribution is -1.96. The van der Waals surface area contributed by atoms with Crippen molar-refractivity contribution in [3.05, 3.63) is 133 Å². The standard InChI is InChI=1S/C37H21N3O/c38-22-23-16-19-36-30(20-23)28-11-7-15-35(37(28)41-36)40-33-14-6-3-10-27(33)29-21-24(17-18-34(29)40)39-31-12-4-1-8-25(31)26-9-2-5-13-32(26)39/h1-21H. The second-order valence-corrected chi connectivity index (χ2v) is 10.5. The van der Waals surface area contributed by atoms with Crippen LogP contribution in [0.1, 0.15) is 5.56 Å². The summed E-state index contributed by atoms with van der Waals surface area (Å²) >= 11 is 0. The molecule has 0 bridgehead atoms. The van der Waals surface area contributed by atoms with Crippen LogP contribution in [0.2, 0.25) is 0 Å². The number of fused-ring (bicyclic) bond motifs is 9. The summed E-state index contributed by atoms with van der Waals surface area (Å²) in [7, 11) is 0. The third-order valence-corrected chi connectivity index (χ3v) is 8.34. The fourth-order valence-electron chi connectivity index (χ4n) is 6.59. The van der Waals surface area contributed by atoms with Crippen molar-refractivity contribution in [2.24, 2.45) is 0 Å². The van der Waals surface area contributed by atoms with Crippen LogP contribution in [-0.2, 0) is 0 Å². The quantitative estimate of drug-likeness (QED) is 0.226. The Balaban J connectivity index is 1.36. The van der Waals surface area contributed by atoms with Gasteiger partial charge in [-0.05, 0) is 60.7 Å². The molecule has 4 nitrogen and oxygen atoms in total. The van der Waals surface area contributed by atoms with E-state index in [-0.39, 0.29) is 0 Å². The average molecular weight is 524 g/mol. The van der Waals surface area contributed by atoms with Gasteiger partial charge in [0, 0.05) is 38.0 Å². The first-order valence-electron chi connectivity index (χ1n) is 13.7. The zero-order valence-electron chi connectivity index (χ0n) is 21.9. The Morgan fingerprint density at radius 3 is 1.80 bits per heavy atom. The Morgan fingerprint density at radius 1 is 0.488 bits per heavy atom. The number of hydrogen-bond donors (Lipinski definition) is 0. The number of nitrogens with zero attached hydrogens (tertiary/aromatic N) is 3. The van der Waals surface area contributed by atoms with Crippen molar-refractivity contribution >= 4 is 65.6 Å². The predicted molar refractivity (Wildman–Crippen MR) is 167 cm³/mol. The van der Waals surface area contributed by atoms with Gasteiger partial charge in [0.1, 0.15) is 5.58 Å². The summed E-state index contributed by atoms with van der Waals surface area (Å²) in [6.07, 6.45) is 0. The van der Waals surface area contributed by atoms with Gasteiger partial charge in [-0.2, -0.15) is 5.26 Å². The molecule has 0 amide bonds. The third kappa shape index (κ3) is 2.98. The highest BCUT2D eigenvalue weighted by Gasteiger charge is 2.19. The van der Waals surface area contributed by atoms with Gasteiger partial charge >= 0.3 is 0 Å². The molecule has 3 aromatic heterocycles. The van der Waals surface area contributed by atoms with Crippen LogP contribution in [0.25, 0.3) is 76.9 Å². The van der Waals surface area contributed by atoms with Crippen LogP contribution in [0.5, 0.6) is 0 Å². The van der Waals surface area contributed by atoms with E-state index in [9.17, 15) is 5.26 Å². The van der Waals surface area contributed by atoms with Gasteiger partial charge in [0.05, 0.1) is 39.4 Å². The van der Waals surface area contributed by atoms with Gasteiger partial charge in [-0.3, -0.25) is 0 Å². The lowest BCUT2D eigenvalue weighted by Gasteiger charge is -2.10. The van der Waals surface area contributed by atoms with Crippen LogP contribution in [0.15, 0.2) is 132 Å². The second-order valence-electron chi connectivity index (χ2n) is 10.5. The predicted octanol–water partition coefficient (Wildman–Crippen LogP) is 9.65. The fourth-order valence-corrected chi connectivity index (χ4v) is 6.59. The Kier molecular flexibility index (Phi) is 4.37. The van der Waals surface area contributed by atoms with Gasteiger partial charge in [-0.1, -0.05) is 66.7 Å². The summed E-state index contributed by atoms with van der Waals surface area (Å²) in [4.78, 5) is 0. The zero-order chi connectivity index (χ0) is 27.1. The normalized spacial score (nSPS) is 11.9. The molecule has 6 aromatic carbocycles. The van der Waals surface area contributed by atoms with Gasteiger partial charge in [0.2, 0.25) is 0 Å². The first-order chi connectivity index (χ1) is 20.3. The van der Waals surface area contributed by atoms with Gasteiger partial charge in [0.25, 0.3) is 0 Å². The van der Waals surface area contributed by atoms with E-state index in [4.69, 9.17) is 4.42 Å². The Morgan fingerprint density at radius 2 is 1.10 bits per heavy atom. The molecule has 0 saturated carbocycles. The molecule has 0 N–H and O–H groups in total. The van der Waals surface area contributed by atoms with E-state index in [2.05, 4.69) is 124 Å². The summed E-state index contributed by atoms with van der Waals surface area (Å²) in [6, 6.07) is 46.6. The highest BCUT2D eigenvalue weighted by atomic mass is 16.3. The van der Waals surface area contributed by atoms with Crippen molar-refractivity contribution in [1.29, 1.82) is 5.26 Å². The van der Waals surface area contributed by atoms with Crippen LogP contribution in [-0.4, -0.2) is 9.13 Å². The van der Waals surface area contributed by atoms with Gasteiger partial charge < -0.3 is 13.6 Å². The van der Waals surface area contributed by atoms with Crippen LogP contribution in [0, 0.1) is 11.3 Å². The van der Waals surface area contributed by atoms with E-state index in [0.717, 1.165) is 44.3 Å². The van der Waals surface area contributed by atoms with Crippen molar-refractivity contribution < 1.29 is 4.42 Å². The lowest BCUT2D eigenvalue weighted by molar-refractivity contribution is 0.666. The summed E-state index contributed by atoms with van der Waals surface area (Å²) < 4.78 is 11.1. The van der Waals surface area contributed by atoms with Crippen molar-refractivity contribution in [2.75, 3.05) is 0 Å². The molecule has 0 saturated heterocycles. The van der Waals surface area contributed by atoms with Crippen molar-refractivity contribution in [3.8, 4) is 17.4 Å². The molecule has 190 valence electrons. The molecule has 3 heterocycles. The van der Waals surface area contributed by atoms with Crippen LogP contribution >= 0.6 is 0 Å². The van der Waals surface area contributed by atoms with Crippen LogP contribution in [0.4, 0.5) is 0 Å². The molecular weight excluding hydrogens is 502 g/mol. The minimum Gasteiger partial charge on any atom is -0.454 e. The van der Waals surface area contributed by atoms with E-state index in [1.807, 2.05) is 12.1 Å². The van der Waals surface area contributed by atoms with E-state index >= 15 is 0 Å². The van der Waals surface area contributed by atoms with Gasteiger partial charge in [-0.25, -0.2) is 0 Å². The van der Waals surface area contributed by atoms with Crippen LogP contribution < -0.4 is 0 Å². The summed E-state index contributed by atoms with van der Waals surface area (Å²) in [5.74, 6) is 0. The smallest absolute Gasteiger partial charge is 0.159 e. The Bertz CT molecular complexity index is 2500. The van der Waals surface area contributed by atoms with E-state index in [1.54, 1.807) is 6.07 Å². The number of hydrogen-bond acceptors (Lipinski definition) is 2. The minimum absolute atomic E-state index is 0.625. The maximum Gasteiger partial charge on any atom is 0.159 e. The Labute approximate surface area is 234 Å². The summed E-state index contributed by atoms with van der Waals surface area (Å²) in [5.41, 5.74) is 8.94. The second kappa shape index (κ2) is 8.11. The molecule has 9 aromatic rings. The number of nitriles is 1. The molecule has 0 atom stereocenters. The molecule has 0 spiro atoms. The lowest BCUT2D eigenvalue weighted by atomic mass is 10.1. The topological polar surface area (TPSA) is 46.8 Å². The third-order valence-electron chi connectivity index (χ3n) is 8.34. The molecule has 4 heteroatoms. The van der Waals surface area contributed by atoms with Crippen molar-refractivity contribution in [3.63, 3.8) is 0 Å². The molecule has 9 rings (SSSR count). The molecule has 0 aliphatic carbocycles. The van der Waals surface area contributed by atoms with E-state index in [0.29, 0.717) is 5.56 Å². The number of rotatable bonds is 2. The minimum atomic E-state index is 0.625. The van der Waals surface area contributed by atoms with Crippen molar-refractivity contribution in [2.45, 2.75) is 0 Å². The molecule has 41 heavy (non-hydrogen) atoms. The monoisotopic (exact) mass is 523 g/mol. The fraction of sp³-hybridized carbons (Fsp3) is 0. The molecule has 0 unspecified atom stereocenters. The zero-order valence-corrected chi connectivity index (χ0v) is 21.9. The number of aromatic nitrogens is 2. The van der Waals surface area contributed by atoms with Gasteiger partial charge in [-0.15, -0.1) is 0 Å². The molecule has 0 radical (unpaired) electrons. The van der Waals surface area contributed by atoms with Gasteiger partial charge in [0.15, 0.2) is 5.58 Å². The average Bonchev–Trinajstić information content (AvgIpc) is 3.68.